The van der Waals surface area contributed by atoms with E-state index in [9.17, 15) is 10.1 Å². The van der Waals surface area contributed by atoms with Gasteiger partial charge in [0, 0.05) is 54.4 Å². The minimum absolute atomic E-state index is 0.288. The molecule has 0 radical (unpaired) electrons. The van der Waals surface area contributed by atoms with Crippen LogP contribution in [0.3, 0.4) is 0 Å². The van der Waals surface area contributed by atoms with E-state index in [1.54, 1.807) is 41.3 Å². The molecule has 0 atom stereocenters. The number of fused-ring (bicyclic) bond motifs is 2. The molecule has 3 heterocycles. The molecule has 5 aromatic rings. The number of rotatable bonds is 10. The molecule has 0 bridgehead atoms. The van der Waals surface area contributed by atoms with E-state index in [0.29, 0.717) is 63.9 Å². The highest BCUT2D eigenvalue weighted by Gasteiger charge is 2.16. The van der Waals surface area contributed by atoms with Gasteiger partial charge in [0.2, 0.25) is 5.91 Å². The number of nitriles is 1. The molecule has 2 aromatic carbocycles. The topological polar surface area (TPSA) is 130 Å². The number of anilines is 3. The first-order chi connectivity index (χ1) is 20.3. The predicted molar refractivity (Wildman–Crippen MR) is 161 cm³/mol. The smallest absolute Gasteiger partial charge is 0.248 e. The third-order valence-corrected chi connectivity index (χ3v) is 6.29. The van der Waals surface area contributed by atoms with Crippen LogP contribution in [0.4, 0.5) is 17.1 Å². The number of ether oxygens (including phenoxy) is 2. The molecule has 11 nitrogen and oxygen atoms in total. The van der Waals surface area contributed by atoms with E-state index in [1.165, 1.54) is 12.3 Å². The van der Waals surface area contributed by atoms with Gasteiger partial charge in [0.1, 0.15) is 17.6 Å². The van der Waals surface area contributed by atoms with E-state index in [0.717, 1.165) is 11.3 Å². The maximum absolute atomic E-state index is 12.7. The third-order valence-electron chi connectivity index (χ3n) is 6.29. The molecule has 0 saturated heterocycles. The predicted octanol–water partition coefficient (Wildman–Crippen LogP) is 5.45. The summed E-state index contributed by atoms with van der Waals surface area (Å²) < 4.78 is 13.5. The summed E-state index contributed by atoms with van der Waals surface area (Å²) in [7, 11) is 3.85. The fourth-order valence-corrected chi connectivity index (χ4v) is 4.32. The molecule has 1 amide bonds. The molecule has 212 valence electrons. The van der Waals surface area contributed by atoms with Crippen molar-refractivity contribution >= 4 is 39.5 Å². The molecule has 0 aliphatic rings. The number of likely N-dealkylation sites (N-methyl/N-ethyl adjacent to an activating group) is 1. The quantitative estimate of drug-likeness (QED) is 0.213. The molecule has 0 saturated carbocycles. The summed E-state index contributed by atoms with van der Waals surface area (Å²) >= 11 is 0. The van der Waals surface area contributed by atoms with Crippen molar-refractivity contribution in [3.05, 3.63) is 84.5 Å². The lowest BCUT2D eigenvalue weighted by atomic mass is 10.1. The van der Waals surface area contributed by atoms with E-state index in [-0.39, 0.29) is 5.91 Å². The van der Waals surface area contributed by atoms with Crippen LogP contribution in [0.2, 0.25) is 0 Å². The molecule has 0 fully saturated rings. The second-order valence-corrected chi connectivity index (χ2v) is 9.74. The number of carbonyl (C=O) groups is 1. The Labute approximate surface area is 243 Å². The Hall–Kier alpha value is -5.47. The number of hydrogen-bond acceptors (Lipinski definition) is 9. The number of nitrogens with zero attached hydrogens (tertiary/aromatic N) is 6. The SMILES string of the molecule is CCOc1cc2ncc(C#N)c(Nc3ccc(Oc4cnn5ccnc5c4)c(C)c3)c2cc1NC(=O)/C=C/CN(C)C. The zero-order valence-corrected chi connectivity index (χ0v) is 23.8. The summed E-state index contributed by atoms with van der Waals surface area (Å²) in [6, 6.07) is 13.2. The number of aryl methyl sites for hydroxylation is 1. The van der Waals surface area contributed by atoms with Crippen molar-refractivity contribution in [2.24, 2.45) is 0 Å². The lowest BCUT2D eigenvalue weighted by molar-refractivity contribution is -0.111. The first kappa shape index (κ1) is 28.1. The Balaban J connectivity index is 1.46. The van der Waals surface area contributed by atoms with E-state index in [4.69, 9.17) is 9.47 Å². The lowest BCUT2D eigenvalue weighted by Crippen LogP contribution is -2.13. The van der Waals surface area contributed by atoms with Crippen LogP contribution in [0.5, 0.6) is 17.2 Å². The van der Waals surface area contributed by atoms with Crippen LogP contribution >= 0.6 is 0 Å². The van der Waals surface area contributed by atoms with Crippen molar-refractivity contribution in [3.8, 4) is 23.3 Å². The Morgan fingerprint density at radius 3 is 2.76 bits per heavy atom. The summed E-state index contributed by atoms with van der Waals surface area (Å²) in [5, 5.41) is 21.1. The van der Waals surface area contributed by atoms with Crippen LogP contribution in [0, 0.1) is 18.3 Å². The number of pyridine rings is 1. The maximum atomic E-state index is 12.7. The average molecular weight is 563 g/mol. The molecule has 11 heteroatoms. The summed E-state index contributed by atoms with van der Waals surface area (Å²) in [5.74, 6) is 1.43. The van der Waals surface area contributed by atoms with E-state index >= 15 is 0 Å². The van der Waals surface area contributed by atoms with E-state index < -0.39 is 0 Å². The van der Waals surface area contributed by atoms with Gasteiger partial charge < -0.3 is 25.0 Å². The second-order valence-electron chi connectivity index (χ2n) is 9.74. The van der Waals surface area contributed by atoms with Crippen LogP contribution in [-0.4, -0.2) is 57.6 Å². The number of amides is 1. The third kappa shape index (κ3) is 6.29. The van der Waals surface area contributed by atoms with Crippen molar-refractivity contribution in [2.45, 2.75) is 13.8 Å². The monoisotopic (exact) mass is 562 g/mol. The van der Waals surface area contributed by atoms with Crippen molar-refractivity contribution in [1.82, 2.24) is 24.5 Å². The first-order valence-corrected chi connectivity index (χ1v) is 13.3. The van der Waals surface area contributed by atoms with Gasteiger partial charge in [0.25, 0.3) is 0 Å². The Morgan fingerprint density at radius 1 is 1.14 bits per heavy atom. The molecule has 3 aromatic heterocycles. The number of benzene rings is 2. The molecule has 42 heavy (non-hydrogen) atoms. The minimum Gasteiger partial charge on any atom is -0.492 e. The van der Waals surface area contributed by atoms with Gasteiger partial charge in [-0.1, -0.05) is 6.08 Å². The number of nitrogens with one attached hydrogen (secondary N) is 2. The van der Waals surface area contributed by atoms with Gasteiger partial charge in [0.05, 0.1) is 35.3 Å². The highest BCUT2D eigenvalue weighted by Crippen LogP contribution is 2.37. The summed E-state index contributed by atoms with van der Waals surface area (Å²) in [6.45, 7) is 4.84. The normalized spacial score (nSPS) is 11.2. The van der Waals surface area contributed by atoms with Crippen molar-refractivity contribution < 1.29 is 14.3 Å². The summed E-state index contributed by atoms with van der Waals surface area (Å²) in [6.07, 6.45) is 9.86. The Kier molecular flexibility index (Phi) is 8.27. The van der Waals surface area contributed by atoms with Crippen LogP contribution in [0.15, 0.2) is 73.3 Å². The van der Waals surface area contributed by atoms with Gasteiger partial charge in [-0.3, -0.25) is 9.78 Å². The molecule has 2 N–H and O–H groups in total. The lowest BCUT2D eigenvalue weighted by Gasteiger charge is -2.16. The highest BCUT2D eigenvalue weighted by atomic mass is 16.5. The second kappa shape index (κ2) is 12.4. The first-order valence-electron chi connectivity index (χ1n) is 13.3. The zero-order valence-electron chi connectivity index (χ0n) is 23.8. The number of hydrogen-bond donors (Lipinski definition) is 2. The van der Waals surface area contributed by atoms with Crippen LogP contribution in [0.1, 0.15) is 18.1 Å². The Morgan fingerprint density at radius 2 is 2.00 bits per heavy atom. The highest BCUT2D eigenvalue weighted by molar-refractivity contribution is 6.04. The minimum atomic E-state index is -0.288. The molecule has 0 aliphatic heterocycles. The molecule has 0 unspecified atom stereocenters. The van der Waals surface area contributed by atoms with E-state index in [2.05, 4.69) is 31.8 Å². The van der Waals surface area contributed by atoms with Crippen LogP contribution < -0.4 is 20.1 Å². The van der Waals surface area contributed by atoms with Crippen LogP contribution in [-0.2, 0) is 4.79 Å². The molecular formula is C31H30N8O3. The average Bonchev–Trinajstić information content (AvgIpc) is 3.43. The summed E-state index contributed by atoms with van der Waals surface area (Å²) in [5.41, 5.74) is 4.31. The fourth-order valence-electron chi connectivity index (χ4n) is 4.32. The zero-order chi connectivity index (χ0) is 29.6. The van der Waals surface area contributed by atoms with Crippen LogP contribution in [0.25, 0.3) is 16.6 Å². The van der Waals surface area contributed by atoms with Gasteiger partial charge in [0.15, 0.2) is 11.4 Å². The van der Waals surface area contributed by atoms with E-state index in [1.807, 2.05) is 57.1 Å². The molecule has 5 rings (SSSR count). The standard InChI is InChI=1S/C31H30N8O3/c1-5-41-28-16-25-24(15-26(28)37-30(40)7-6-11-38(3)4)31(21(17-32)18-34-25)36-22-8-9-27(20(2)13-22)42-23-14-29-33-10-12-39(29)35-19-23/h6-10,12-16,18-19H,5,11H2,1-4H3,(H,34,36)(H,37,40)/b7-6+. The summed E-state index contributed by atoms with van der Waals surface area (Å²) in [4.78, 5) is 23.3. The van der Waals surface area contributed by atoms with Gasteiger partial charge in [-0.15, -0.1) is 0 Å². The molecular weight excluding hydrogens is 532 g/mol. The molecule has 0 aliphatic carbocycles. The maximum Gasteiger partial charge on any atom is 0.248 e. The van der Waals surface area contributed by atoms with Crippen molar-refractivity contribution in [3.63, 3.8) is 0 Å². The van der Waals surface area contributed by atoms with Gasteiger partial charge in [-0.05, 0) is 57.8 Å². The van der Waals surface area contributed by atoms with Gasteiger partial charge >= 0.3 is 0 Å². The number of imidazole rings is 1. The van der Waals surface area contributed by atoms with Crippen molar-refractivity contribution in [1.29, 1.82) is 5.26 Å². The Bertz CT molecular complexity index is 1840. The molecule has 0 spiro atoms. The number of carbonyl (C=O) groups excluding carboxylic acids is 1. The van der Waals surface area contributed by atoms with Crippen molar-refractivity contribution in [2.75, 3.05) is 37.9 Å². The number of aromatic nitrogens is 4. The fraction of sp³-hybridized carbons (Fsp3) is 0.194. The largest absolute Gasteiger partial charge is 0.492 e. The van der Waals surface area contributed by atoms with Gasteiger partial charge in [-0.25, -0.2) is 9.50 Å². The van der Waals surface area contributed by atoms with Gasteiger partial charge in [-0.2, -0.15) is 10.4 Å².